The Kier molecular flexibility index (Phi) is 6.58. The maximum Gasteiger partial charge on any atom is 0.331 e. The van der Waals surface area contributed by atoms with Gasteiger partial charge < -0.3 is 10.1 Å². The molecule has 5 heteroatoms. The SMILES string of the molecule is C[C@H](NC(=O)COC(=O)/C=C/c1ccccc1)c1ccc(Cl)cc1. The molecule has 0 saturated carbocycles. The maximum atomic E-state index is 11.8. The molecular formula is C19H18ClNO3. The molecule has 0 fully saturated rings. The minimum absolute atomic E-state index is 0.201. The van der Waals surface area contributed by atoms with E-state index in [0.717, 1.165) is 11.1 Å². The molecule has 0 aromatic heterocycles. The van der Waals surface area contributed by atoms with E-state index in [-0.39, 0.29) is 18.6 Å². The summed E-state index contributed by atoms with van der Waals surface area (Å²) in [6.07, 6.45) is 2.93. The zero-order valence-corrected chi connectivity index (χ0v) is 14.0. The normalized spacial score (nSPS) is 11.9. The van der Waals surface area contributed by atoms with Crippen molar-refractivity contribution in [1.29, 1.82) is 0 Å². The lowest BCUT2D eigenvalue weighted by Gasteiger charge is -2.14. The lowest BCUT2D eigenvalue weighted by molar-refractivity contribution is -0.144. The summed E-state index contributed by atoms with van der Waals surface area (Å²) in [5.41, 5.74) is 1.80. The summed E-state index contributed by atoms with van der Waals surface area (Å²) in [7, 11) is 0. The van der Waals surface area contributed by atoms with E-state index in [4.69, 9.17) is 16.3 Å². The predicted molar refractivity (Wildman–Crippen MR) is 94.4 cm³/mol. The van der Waals surface area contributed by atoms with Gasteiger partial charge in [-0.2, -0.15) is 0 Å². The van der Waals surface area contributed by atoms with Gasteiger partial charge in [0.25, 0.3) is 5.91 Å². The highest BCUT2D eigenvalue weighted by molar-refractivity contribution is 6.30. The van der Waals surface area contributed by atoms with Crippen molar-refractivity contribution in [2.75, 3.05) is 6.61 Å². The summed E-state index contributed by atoms with van der Waals surface area (Å²) >= 11 is 5.83. The molecule has 0 aliphatic carbocycles. The molecule has 1 amide bonds. The molecule has 0 unspecified atom stereocenters. The number of nitrogens with one attached hydrogen (secondary N) is 1. The molecule has 0 saturated heterocycles. The van der Waals surface area contributed by atoms with Gasteiger partial charge in [0.1, 0.15) is 0 Å². The Balaban J connectivity index is 1.77. The van der Waals surface area contributed by atoms with Gasteiger partial charge in [0.2, 0.25) is 0 Å². The van der Waals surface area contributed by atoms with E-state index in [2.05, 4.69) is 5.32 Å². The van der Waals surface area contributed by atoms with Gasteiger partial charge in [0.05, 0.1) is 6.04 Å². The van der Waals surface area contributed by atoms with E-state index in [1.54, 1.807) is 18.2 Å². The number of carbonyl (C=O) groups is 2. The second-order valence-electron chi connectivity index (χ2n) is 5.19. The molecule has 4 nitrogen and oxygen atoms in total. The van der Waals surface area contributed by atoms with Gasteiger partial charge in [-0.05, 0) is 36.3 Å². The molecule has 2 aromatic rings. The van der Waals surface area contributed by atoms with E-state index in [9.17, 15) is 9.59 Å². The van der Waals surface area contributed by atoms with Crippen molar-refractivity contribution in [2.45, 2.75) is 13.0 Å². The van der Waals surface area contributed by atoms with Gasteiger partial charge in [0.15, 0.2) is 6.61 Å². The number of esters is 1. The lowest BCUT2D eigenvalue weighted by Crippen LogP contribution is -2.30. The van der Waals surface area contributed by atoms with Crippen LogP contribution in [0.2, 0.25) is 5.02 Å². The smallest absolute Gasteiger partial charge is 0.331 e. The highest BCUT2D eigenvalue weighted by Crippen LogP contribution is 2.15. The number of ether oxygens (including phenoxy) is 1. The van der Waals surface area contributed by atoms with Crippen LogP contribution in [-0.2, 0) is 14.3 Å². The Bertz CT molecular complexity index is 711. The van der Waals surface area contributed by atoms with Gasteiger partial charge in [-0.25, -0.2) is 4.79 Å². The van der Waals surface area contributed by atoms with Crippen LogP contribution in [0, 0.1) is 0 Å². The first kappa shape index (κ1) is 17.8. The standard InChI is InChI=1S/C19H18ClNO3/c1-14(16-8-10-17(20)11-9-16)21-18(22)13-24-19(23)12-7-15-5-3-2-4-6-15/h2-12,14H,13H2,1H3,(H,21,22)/b12-7+/t14-/m0/s1. The first-order valence-corrected chi connectivity index (χ1v) is 7.87. The third-order valence-electron chi connectivity index (χ3n) is 3.30. The molecule has 1 atom stereocenters. The van der Waals surface area contributed by atoms with Crippen LogP contribution >= 0.6 is 11.6 Å². The molecule has 0 heterocycles. The van der Waals surface area contributed by atoms with Crippen LogP contribution in [0.5, 0.6) is 0 Å². The van der Waals surface area contributed by atoms with Crippen molar-refractivity contribution in [2.24, 2.45) is 0 Å². The molecular weight excluding hydrogens is 326 g/mol. The molecule has 0 bridgehead atoms. The number of hydrogen-bond acceptors (Lipinski definition) is 3. The predicted octanol–water partition coefficient (Wildman–Crippen LogP) is 3.77. The van der Waals surface area contributed by atoms with Crippen LogP contribution in [0.15, 0.2) is 60.7 Å². The van der Waals surface area contributed by atoms with Crippen LogP contribution in [-0.4, -0.2) is 18.5 Å². The van der Waals surface area contributed by atoms with Crippen molar-refractivity contribution in [3.8, 4) is 0 Å². The zero-order valence-electron chi connectivity index (χ0n) is 13.2. The Morgan fingerprint density at radius 2 is 1.79 bits per heavy atom. The molecule has 2 rings (SSSR count). The summed E-state index contributed by atoms with van der Waals surface area (Å²) in [4.78, 5) is 23.4. The summed E-state index contributed by atoms with van der Waals surface area (Å²) in [5.74, 6) is -0.924. The van der Waals surface area contributed by atoms with Crippen molar-refractivity contribution < 1.29 is 14.3 Å². The Morgan fingerprint density at radius 3 is 2.46 bits per heavy atom. The van der Waals surface area contributed by atoms with E-state index in [1.165, 1.54) is 6.08 Å². The fraction of sp³-hybridized carbons (Fsp3) is 0.158. The first-order chi connectivity index (χ1) is 11.5. The number of benzene rings is 2. The fourth-order valence-corrected chi connectivity index (χ4v) is 2.16. The van der Waals surface area contributed by atoms with Crippen LogP contribution in [0.1, 0.15) is 24.1 Å². The van der Waals surface area contributed by atoms with Gasteiger partial charge in [0, 0.05) is 11.1 Å². The topological polar surface area (TPSA) is 55.4 Å². The van der Waals surface area contributed by atoms with Crippen LogP contribution < -0.4 is 5.32 Å². The number of carbonyl (C=O) groups excluding carboxylic acids is 2. The molecule has 0 spiro atoms. The van der Waals surface area contributed by atoms with Gasteiger partial charge in [-0.3, -0.25) is 4.79 Å². The Morgan fingerprint density at radius 1 is 1.12 bits per heavy atom. The number of halogens is 1. The minimum atomic E-state index is -0.562. The molecule has 2 aromatic carbocycles. The number of hydrogen-bond donors (Lipinski definition) is 1. The largest absolute Gasteiger partial charge is 0.452 e. The second kappa shape index (κ2) is 8.89. The Labute approximate surface area is 146 Å². The van der Waals surface area contributed by atoms with Crippen molar-refractivity contribution in [1.82, 2.24) is 5.32 Å². The van der Waals surface area contributed by atoms with Crippen LogP contribution in [0.25, 0.3) is 6.08 Å². The number of rotatable bonds is 6. The Hall–Kier alpha value is -2.59. The van der Waals surface area contributed by atoms with Crippen molar-refractivity contribution >= 4 is 29.6 Å². The van der Waals surface area contributed by atoms with Crippen molar-refractivity contribution in [3.63, 3.8) is 0 Å². The summed E-state index contributed by atoms with van der Waals surface area (Å²) in [6.45, 7) is 1.52. The highest BCUT2D eigenvalue weighted by Gasteiger charge is 2.11. The summed E-state index contributed by atoms with van der Waals surface area (Å²) < 4.78 is 4.92. The van der Waals surface area contributed by atoms with Gasteiger partial charge in [-0.1, -0.05) is 54.1 Å². The minimum Gasteiger partial charge on any atom is -0.452 e. The molecule has 24 heavy (non-hydrogen) atoms. The molecule has 1 N–H and O–H groups in total. The zero-order chi connectivity index (χ0) is 17.4. The van der Waals surface area contributed by atoms with Crippen LogP contribution in [0.3, 0.4) is 0 Å². The third kappa shape index (κ3) is 5.89. The lowest BCUT2D eigenvalue weighted by atomic mass is 10.1. The van der Waals surface area contributed by atoms with E-state index < -0.39 is 5.97 Å². The molecule has 0 aliphatic heterocycles. The number of amides is 1. The summed E-state index contributed by atoms with van der Waals surface area (Å²) in [5, 5.41) is 3.40. The third-order valence-corrected chi connectivity index (χ3v) is 3.56. The first-order valence-electron chi connectivity index (χ1n) is 7.49. The van der Waals surface area contributed by atoms with E-state index >= 15 is 0 Å². The fourth-order valence-electron chi connectivity index (χ4n) is 2.03. The molecule has 0 aliphatic rings. The van der Waals surface area contributed by atoms with Gasteiger partial charge >= 0.3 is 5.97 Å². The monoisotopic (exact) mass is 343 g/mol. The summed E-state index contributed by atoms with van der Waals surface area (Å²) in [6, 6.07) is 16.4. The average molecular weight is 344 g/mol. The average Bonchev–Trinajstić information content (AvgIpc) is 2.59. The van der Waals surface area contributed by atoms with Crippen molar-refractivity contribution in [3.05, 3.63) is 76.8 Å². The second-order valence-corrected chi connectivity index (χ2v) is 5.63. The van der Waals surface area contributed by atoms with Crippen LogP contribution in [0.4, 0.5) is 0 Å². The van der Waals surface area contributed by atoms with E-state index in [0.29, 0.717) is 5.02 Å². The maximum absolute atomic E-state index is 11.8. The molecule has 124 valence electrons. The quantitative estimate of drug-likeness (QED) is 0.641. The molecule has 0 radical (unpaired) electrons. The van der Waals surface area contributed by atoms with E-state index in [1.807, 2.05) is 49.4 Å². The van der Waals surface area contributed by atoms with Gasteiger partial charge in [-0.15, -0.1) is 0 Å². The highest BCUT2D eigenvalue weighted by atomic mass is 35.5.